The first-order valence-corrected chi connectivity index (χ1v) is 8.56. The SMILES string of the molecule is COc1ccc(C(=O)NS(=O)(=O)c2ccccc2OC(F)(F)F)nc1OC. The first-order chi connectivity index (χ1) is 12.6. The van der Waals surface area contributed by atoms with E-state index in [2.05, 4.69) is 9.72 Å². The molecule has 0 saturated carbocycles. The zero-order valence-electron chi connectivity index (χ0n) is 13.9. The van der Waals surface area contributed by atoms with Crippen LogP contribution < -0.4 is 18.9 Å². The Hall–Kier alpha value is -3.02. The minimum Gasteiger partial charge on any atom is -0.491 e. The van der Waals surface area contributed by atoms with Crippen molar-refractivity contribution in [3.63, 3.8) is 0 Å². The predicted octanol–water partition coefficient (Wildman–Crippen LogP) is 2.12. The van der Waals surface area contributed by atoms with E-state index in [1.54, 1.807) is 4.72 Å². The number of halogens is 3. The average molecular weight is 406 g/mol. The largest absolute Gasteiger partial charge is 0.573 e. The molecule has 1 aromatic heterocycles. The number of amides is 1. The van der Waals surface area contributed by atoms with E-state index < -0.39 is 32.9 Å². The molecule has 0 aliphatic rings. The molecular formula is C15H13F3N2O6S. The van der Waals surface area contributed by atoms with Crippen LogP contribution in [0.25, 0.3) is 0 Å². The molecule has 27 heavy (non-hydrogen) atoms. The van der Waals surface area contributed by atoms with E-state index in [4.69, 9.17) is 9.47 Å². The van der Waals surface area contributed by atoms with Crippen LogP contribution in [0.3, 0.4) is 0 Å². The van der Waals surface area contributed by atoms with Gasteiger partial charge in [0.15, 0.2) is 5.75 Å². The van der Waals surface area contributed by atoms with Crippen molar-refractivity contribution < 1.29 is 40.6 Å². The molecule has 146 valence electrons. The van der Waals surface area contributed by atoms with E-state index >= 15 is 0 Å². The summed E-state index contributed by atoms with van der Waals surface area (Å²) in [6.45, 7) is 0. The molecule has 8 nitrogen and oxygen atoms in total. The Morgan fingerprint density at radius 2 is 1.70 bits per heavy atom. The normalized spacial score (nSPS) is 11.6. The second-order valence-corrected chi connectivity index (χ2v) is 6.49. The standard InChI is InChI=1S/C15H13F3N2O6S/c1-24-11-8-7-9(19-14(11)25-2)13(21)20-27(22,23)12-6-4-3-5-10(12)26-15(16,17)18/h3-8H,1-2H3,(H,20,21). The quantitative estimate of drug-likeness (QED) is 0.784. The molecule has 0 bridgehead atoms. The molecule has 2 rings (SSSR count). The molecule has 1 N–H and O–H groups in total. The average Bonchev–Trinajstić information content (AvgIpc) is 2.59. The summed E-state index contributed by atoms with van der Waals surface area (Å²) in [5.74, 6) is -2.05. The van der Waals surface area contributed by atoms with Crippen LogP contribution in [0, 0.1) is 0 Å². The van der Waals surface area contributed by atoms with E-state index in [0.717, 1.165) is 24.3 Å². The molecule has 1 aromatic carbocycles. The number of rotatable bonds is 6. The lowest BCUT2D eigenvalue weighted by Gasteiger charge is -2.14. The monoisotopic (exact) mass is 406 g/mol. The summed E-state index contributed by atoms with van der Waals surface area (Å²) in [5, 5.41) is 0. The van der Waals surface area contributed by atoms with Gasteiger partial charge < -0.3 is 14.2 Å². The number of methoxy groups -OCH3 is 2. The molecule has 0 atom stereocenters. The zero-order valence-corrected chi connectivity index (χ0v) is 14.7. The fourth-order valence-corrected chi connectivity index (χ4v) is 3.06. The number of nitrogens with one attached hydrogen (secondary N) is 1. The number of pyridine rings is 1. The molecule has 0 fully saturated rings. The fraction of sp³-hybridized carbons (Fsp3) is 0.200. The highest BCUT2D eigenvalue weighted by atomic mass is 32.2. The molecule has 0 spiro atoms. The number of ether oxygens (including phenoxy) is 3. The lowest BCUT2D eigenvalue weighted by Crippen LogP contribution is -2.32. The van der Waals surface area contributed by atoms with Gasteiger partial charge in [-0.05, 0) is 24.3 Å². The lowest BCUT2D eigenvalue weighted by molar-refractivity contribution is -0.275. The van der Waals surface area contributed by atoms with Crippen molar-refractivity contribution >= 4 is 15.9 Å². The molecular weight excluding hydrogens is 393 g/mol. The van der Waals surface area contributed by atoms with Crippen LogP contribution in [0.5, 0.6) is 17.4 Å². The van der Waals surface area contributed by atoms with Crippen molar-refractivity contribution in [2.24, 2.45) is 0 Å². The van der Waals surface area contributed by atoms with Crippen LogP contribution in [-0.4, -0.2) is 39.9 Å². The summed E-state index contributed by atoms with van der Waals surface area (Å²) in [4.78, 5) is 15.1. The van der Waals surface area contributed by atoms with Crippen molar-refractivity contribution in [1.29, 1.82) is 0 Å². The number of benzene rings is 1. The van der Waals surface area contributed by atoms with Crippen LogP contribution in [0.4, 0.5) is 13.2 Å². The maximum absolute atomic E-state index is 12.5. The van der Waals surface area contributed by atoms with Crippen LogP contribution in [0.1, 0.15) is 10.5 Å². The minimum absolute atomic E-state index is 0.0802. The number of hydrogen-bond donors (Lipinski definition) is 1. The Balaban J connectivity index is 2.33. The molecule has 0 aliphatic heterocycles. The van der Waals surface area contributed by atoms with Gasteiger partial charge >= 0.3 is 6.36 Å². The lowest BCUT2D eigenvalue weighted by atomic mass is 10.3. The number of para-hydroxylation sites is 1. The highest BCUT2D eigenvalue weighted by molar-refractivity contribution is 7.90. The van der Waals surface area contributed by atoms with E-state index in [1.807, 2.05) is 0 Å². The highest BCUT2D eigenvalue weighted by Crippen LogP contribution is 2.29. The first-order valence-electron chi connectivity index (χ1n) is 7.08. The fourth-order valence-electron chi connectivity index (χ4n) is 1.97. The molecule has 0 radical (unpaired) electrons. The van der Waals surface area contributed by atoms with E-state index in [9.17, 15) is 26.4 Å². The topological polar surface area (TPSA) is 104 Å². The van der Waals surface area contributed by atoms with E-state index in [0.29, 0.717) is 0 Å². The minimum atomic E-state index is -5.11. The van der Waals surface area contributed by atoms with Gasteiger partial charge in [-0.25, -0.2) is 18.1 Å². The summed E-state index contributed by atoms with van der Waals surface area (Å²) < 4.78 is 77.2. The van der Waals surface area contributed by atoms with Gasteiger partial charge in [-0.1, -0.05) is 12.1 Å². The van der Waals surface area contributed by atoms with Gasteiger partial charge in [-0.2, -0.15) is 0 Å². The second kappa shape index (κ2) is 7.70. The zero-order chi connectivity index (χ0) is 20.2. The smallest absolute Gasteiger partial charge is 0.491 e. The Kier molecular flexibility index (Phi) is 5.78. The predicted molar refractivity (Wildman–Crippen MR) is 85.1 cm³/mol. The second-order valence-electron chi connectivity index (χ2n) is 4.84. The molecule has 0 aliphatic carbocycles. The van der Waals surface area contributed by atoms with Gasteiger partial charge in [0.2, 0.25) is 0 Å². The van der Waals surface area contributed by atoms with Crippen LogP contribution >= 0.6 is 0 Å². The first kappa shape index (κ1) is 20.3. The number of carbonyl (C=O) groups is 1. The molecule has 1 heterocycles. The number of alkyl halides is 3. The summed E-state index contributed by atoms with van der Waals surface area (Å²) in [6, 6.07) is 6.47. The molecule has 12 heteroatoms. The number of nitrogens with zero attached hydrogens (tertiary/aromatic N) is 1. The van der Waals surface area contributed by atoms with Gasteiger partial charge in [0.05, 0.1) is 14.2 Å². The van der Waals surface area contributed by atoms with E-state index in [-0.39, 0.29) is 17.3 Å². The summed E-state index contributed by atoms with van der Waals surface area (Å²) in [5.41, 5.74) is -0.356. The Morgan fingerprint density at radius 1 is 1.04 bits per heavy atom. The molecule has 1 amide bonds. The third-order valence-electron chi connectivity index (χ3n) is 3.06. The third-order valence-corrected chi connectivity index (χ3v) is 4.43. The van der Waals surface area contributed by atoms with Gasteiger partial charge in [0.1, 0.15) is 16.3 Å². The Bertz CT molecular complexity index is 947. The van der Waals surface area contributed by atoms with Crippen LogP contribution in [-0.2, 0) is 10.0 Å². The van der Waals surface area contributed by atoms with Crippen molar-refractivity contribution in [2.45, 2.75) is 11.3 Å². The molecule has 0 saturated heterocycles. The maximum atomic E-state index is 12.5. The number of sulfonamides is 1. The van der Waals surface area contributed by atoms with Crippen molar-refractivity contribution in [3.8, 4) is 17.4 Å². The van der Waals surface area contributed by atoms with E-state index in [1.165, 1.54) is 26.4 Å². The van der Waals surface area contributed by atoms with Gasteiger partial charge in [0, 0.05) is 0 Å². The van der Waals surface area contributed by atoms with Gasteiger partial charge in [-0.15, -0.1) is 13.2 Å². The van der Waals surface area contributed by atoms with Gasteiger partial charge in [0.25, 0.3) is 21.8 Å². The molecule has 0 unspecified atom stereocenters. The Labute approximate surface area is 151 Å². The summed E-state index contributed by atoms with van der Waals surface area (Å²) in [7, 11) is -2.09. The Morgan fingerprint density at radius 3 is 2.30 bits per heavy atom. The number of hydrogen-bond acceptors (Lipinski definition) is 7. The van der Waals surface area contributed by atoms with Crippen molar-refractivity contribution in [3.05, 3.63) is 42.1 Å². The van der Waals surface area contributed by atoms with Crippen molar-refractivity contribution in [2.75, 3.05) is 14.2 Å². The number of carbonyl (C=O) groups excluding carboxylic acids is 1. The van der Waals surface area contributed by atoms with Crippen molar-refractivity contribution in [1.82, 2.24) is 9.71 Å². The third kappa shape index (κ3) is 5.00. The summed E-state index contributed by atoms with van der Waals surface area (Å²) >= 11 is 0. The number of aromatic nitrogens is 1. The van der Waals surface area contributed by atoms with Crippen LogP contribution in [0.15, 0.2) is 41.3 Å². The molecule has 2 aromatic rings. The van der Waals surface area contributed by atoms with Gasteiger partial charge in [-0.3, -0.25) is 4.79 Å². The maximum Gasteiger partial charge on any atom is 0.573 e. The summed E-state index contributed by atoms with van der Waals surface area (Å²) in [6.07, 6.45) is -5.11. The van der Waals surface area contributed by atoms with Crippen LogP contribution in [0.2, 0.25) is 0 Å². The highest BCUT2D eigenvalue weighted by Gasteiger charge is 2.34.